The van der Waals surface area contributed by atoms with E-state index in [1.165, 1.54) is 0 Å². The Morgan fingerprint density at radius 3 is 2.63 bits per heavy atom. The Balaban J connectivity index is 2.71. The molecule has 0 aliphatic carbocycles. The molecule has 1 heterocycles. The lowest BCUT2D eigenvalue weighted by Gasteiger charge is -2.13. The van der Waals surface area contributed by atoms with Crippen molar-refractivity contribution >= 4 is 17.3 Å². The summed E-state index contributed by atoms with van der Waals surface area (Å²) in [6.45, 7) is 4.82. The predicted molar refractivity (Wildman–Crippen MR) is 79.1 cm³/mol. The maximum absolute atomic E-state index is 12.3. The summed E-state index contributed by atoms with van der Waals surface area (Å²) in [6.07, 6.45) is 1.66. The van der Waals surface area contributed by atoms with Gasteiger partial charge >= 0.3 is 0 Å². The Bertz CT molecular complexity index is 643. The molecule has 1 aromatic carbocycles. The molecule has 0 aliphatic heterocycles. The van der Waals surface area contributed by atoms with Gasteiger partial charge in [0.2, 0.25) is 0 Å². The summed E-state index contributed by atoms with van der Waals surface area (Å²) >= 11 is 6.00. The van der Waals surface area contributed by atoms with E-state index in [9.17, 15) is 4.79 Å². The Hall–Kier alpha value is -1.68. The molecule has 5 heteroatoms. The summed E-state index contributed by atoms with van der Waals surface area (Å²) < 4.78 is 3.56. The molecule has 0 saturated heterocycles. The Morgan fingerprint density at radius 2 is 2.05 bits per heavy atom. The topological polar surface area (TPSA) is 52.9 Å². The van der Waals surface area contributed by atoms with Crippen molar-refractivity contribution in [3.63, 3.8) is 0 Å². The largest absolute Gasteiger partial charge is 0.393 e. The summed E-state index contributed by atoms with van der Waals surface area (Å²) in [7, 11) is 0. The van der Waals surface area contributed by atoms with E-state index in [-0.39, 0.29) is 5.56 Å². The molecule has 0 saturated carbocycles. The van der Waals surface area contributed by atoms with Crippen LogP contribution in [-0.4, -0.2) is 9.36 Å². The minimum absolute atomic E-state index is 0.174. The number of halogens is 1. The van der Waals surface area contributed by atoms with Crippen molar-refractivity contribution in [1.29, 1.82) is 0 Å². The van der Waals surface area contributed by atoms with E-state index in [0.717, 1.165) is 30.8 Å². The zero-order chi connectivity index (χ0) is 14.0. The van der Waals surface area contributed by atoms with Gasteiger partial charge < -0.3 is 5.73 Å². The molecular formula is C14H18ClN3O. The molecule has 2 aromatic rings. The third-order valence-electron chi connectivity index (χ3n) is 3.11. The van der Waals surface area contributed by atoms with E-state index >= 15 is 0 Å². The third-order valence-corrected chi connectivity index (χ3v) is 3.34. The van der Waals surface area contributed by atoms with Crippen LogP contribution in [0.4, 0.5) is 5.69 Å². The normalized spacial score (nSPS) is 10.9. The monoisotopic (exact) mass is 279 g/mol. The average molecular weight is 280 g/mol. The van der Waals surface area contributed by atoms with E-state index < -0.39 is 0 Å². The van der Waals surface area contributed by atoms with Crippen molar-refractivity contribution in [2.24, 2.45) is 0 Å². The van der Waals surface area contributed by atoms with Crippen molar-refractivity contribution in [3.8, 4) is 5.69 Å². The average Bonchev–Trinajstić information content (AvgIpc) is 2.62. The zero-order valence-corrected chi connectivity index (χ0v) is 11.9. The fourth-order valence-electron chi connectivity index (χ4n) is 2.29. The maximum atomic E-state index is 12.3. The molecule has 19 heavy (non-hydrogen) atoms. The van der Waals surface area contributed by atoms with Crippen LogP contribution in [0.1, 0.15) is 26.0 Å². The minimum atomic E-state index is -0.174. The van der Waals surface area contributed by atoms with Gasteiger partial charge in [0.25, 0.3) is 5.56 Å². The van der Waals surface area contributed by atoms with Crippen molar-refractivity contribution in [2.45, 2.75) is 33.2 Å². The first-order valence-electron chi connectivity index (χ1n) is 6.46. The lowest BCUT2D eigenvalue weighted by atomic mass is 10.3. The van der Waals surface area contributed by atoms with Crippen LogP contribution in [0, 0.1) is 0 Å². The van der Waals surface area contributed by atoms with Crippen molar-refractivity contribution in [3.05, 3.63) is 45.3 Å². The summed E-state index contributed by atoms with van der Waals surface area (Å²) in [4.78, 5) is 12.3. The van der Waals surface area contributed by atoms with Crippen molar-refractivity contribution in [2.75, 3.05) is 5.73 Å². The highest BCUT2D eigenvalue weighted by Gasteiger charge is 2.17. The van der Waals surface area contributed by atoms with Gasteiger partial charge in [-0.05, 0) is 31.0 Å². The molecule has 0 bridgehead atoms. The highest BCUT2D eigenvalue weighted by atomic mass is 35.5. The number of aromatic nitrogens is 2. The third kappa shape index (κ3) is 2.40. The number of anilines is 1. The Labute approximate surface area is 117 Å². The second kappa shape index (κ2) is 5.53. The van der Waals surface area contributed by atoms with Crippen LogP contribution < -0.4 is 11.3 Å². The molecule has 1 aromatic heterocycles. The molecule has 4 nitrogen and oxygen atoms in total. The second-order valence-electron chi connectivity index (χ2n) is 4.43. The van der Waals surface area contributed by atoms with Gasteiger partial charge in [-0.25, -0.2) is 4.68 Å². The molecule has 2 rings (SSSR count). The van der Waals surface area contributed by atoms with Gasteiger partial charge in [0.05, 0.1) is 11.4 Å². The highest BCUT2D eigenvalue weighted by Crippen LogP contribution is 2.18. The molecule has 0 radical (unpaired) electrons. The summed E-state index contributed by atoms with van der Waals surface area (Å²) in [5, 5.41) is 0.602. The number of hydrogen-bond donors (Lipinski definition) is 1. The summed E-state index contributed by atoms with van der Waals surface area (Å²) in [5.74, 6) is 0. The number of nitrogens with zero attached hydrogens (tertiary/aromatic N) is 2. The van der Waals surface area contributed by atoms with E-state index in [1.807, 2.05) is 23.7 Å². The molecule has 0 fully saturated rings. The van der Waals surface area contributed by atoms with E-state index in [2.05, 4.69) is 6.92 Å². The molecule has 0 atom stereocenters. The van der Waals surface area contributed by atoms with Crippen LogP contribution in [0.2, 0.25) is 5.02 Å². The van der Waals surface area contributed by atoms with Gasteiger partial charge in [-0.1, -0.05) is 31.5 Å². The van der Waals surface area contributed by atoms with E-state index in [4.69, 9.17) is 17.3 Å². The number of hydrogen-bond acceptors (Lipinski definition) is 2. The van der Waals surface area contributed by atoms with Crippen LogP contribution in [0.15, 0.2) is 29.1 Å². The SMILES string of the molecule is CCCn1c(CC)c(N)c(=O)n1-c1cccc(Cl)c1. The van der Waals surface area contributed by atoms with Crippen LogP contribution in [0.5, 0.6) is 0 Å². The smallest absolute Gasteiger partial charge is 0.294 e. The molecular weight excluding hydrogens is 262 g/mol. The fraction of sp³-hybridized carbons (Fsp3) is 0.357. The van der Waals surface area contributed by atoms with Gasteiger partial charge in [-0.15, -0.1) is 0 Å². The predicted octanol–water partition coefficient (Wildman–Crippen LogP) is 2.85. The van der Waals surface area contributed by atoms with Crippen LogP contribution in [-0.2, 0) is 13.0 Å². The summed E-state index contributed by atoms with van der Waals surface area (Å²) in [6, 6.07) is 7.24. The van der Waals surface area contributed by atoms with Gasteiger partial charge in [0.15, 0.2) is 0 Å². The van der Waals surface area contributed by atoms with Crippen LogP contribution in [0.25, 0.3) is 5.69 Å². The highest BCUT2D eigenvalue weighted by molar-refractivity contribution is 6.30. The minimum Gasteiger partial charge on any atom is -0.393 e. The van der Waals surface area contributed by atoms with Crippen LogP contribution >= 0.6 is 11.6 Å². The lowest BCUT2D eigenvalue weighted by Crippen LogP contribution is -2.22. The molecule has 0 unspecified atom stereocenters. The first kappa shape index (κ1) is 13.7. The first-order valence-corrected chi connectivity index (χ1v) is 6.84. The fourth-order valence-corrected chi connectivity index (χ4v) is 2.48. The van der Waals surface area contributed by atoms with Crippen molar-refractivity contribution < 1.29 is 0 Å². The number of nitrogen functional groups attached to an aromatic ring is 1. The quantitative estimate of drug-likeness (QED) is 0.936. The lowest BCUT2D eigenvalue weighted by molar-refractivity contribution is 0.516. The second-order valence-corrected chi connectivity index (χ2v) is 4.87. The standard InChI is InChI=1S/C14H18ClN3O/c1-3-8-17-12(4-2)13(16)14(19)18(17)11-7-5-6-10(15)9-11/h5-7,9H,3-4,8,16H2,1-2H3. The molecule has 2 N–H and O–H groups in total. The van der Waals surface area contributed by atoms with Gasteiger partial charge in [-0.3, -0.25) is 9.48 Å². The summed E-state index contributed by atoms with van der Waals surface area (Å²) in [5.41, 5.74) is 7.72. The van der Waals surface area contributed by atoms with Gasteiger partial charge in [-0.2, -0.15) is 0 Å². The maximum Gasteiger partial charge on any atom is 0.294 e. The van der Waals surface area contributed by atoms with E-state index in [0.29, 0.717) is 10.7 Å². The molecule has 102 valence electrons. The molecule has 0 spiro atoms. The van der Waals surface area contributed by atoms with Gasteiger partial charge in [0, 0.05) is 11.6 Å². The first-order chi connectivity index (χ1) is 9.10. The Kier molecular flexibility index (Phi) is 4.00. The zero-order valence-electron chi connectivity index (χ0n) is 11.2. The molecule has 0 aliphatic rings. The number of nitrogens with two attached hydrogens (primary N) is 1. The van der Waals surface area contributed by atoms with Crippen LogP contribution in [0.3, 0.4) is 0 Å². The Morgan fingerprint density at radius 1 is 1.32 bits per heavy atom. The molecule has 0 amide bonds. The number of benzene rings is 1. The van der Waals surface area contributed by atoms with Crippen molar-refractivity contribution in [1.82, 2.24) is 9.36 Å². The number of rotatable bonds is 4. The van der Waals surface area contributed by atoms with E-state index in [1.54, 1.807) is 16.8 Å². The van der Waals surface area contributed by atoms with Gasteiger partial charge in [0.1, 0.15) is 5.69 Å².